The molecule has 0 saturated heterocycles. The van der Waals surface area contributed by atoms with Gasteiger partial charge in [0, 0.05) is 29.7 Å². The van der Waals surface area contributed by atoms with E-state index in [0.29, 0.717) is 32.8 Å². The van der Waals surface area contributed by atoms with E-state index in [1.54, 1.807) is 36.4 Å². The molecule has 0 spiro atoms. The Balaban J connectivity index is 1.85. The van der Waals surface area contributed by atoms with Crippen LogP contribution in [0.2, 0.25) is 5.02 Å². The third-order valence-corrected chi connectivity index (χ3v) is 4.48. The van der Waals surface area contributed by atoms with Crippen LogP contribution >= 0.6 is 11.6 Å². The highest BCUT2D eigenvalue weighted by molar-refractivity contribution is 6.35. The fourth-order valence-corrected chi connectivity index (χ4v) is 3.24. The van der Waals surface area contributed by atoms with Crippen molar-refractivity contribution in [2.45, 2.75) is 6.42 Å². The van der Waals surface area contributed by atoms with Gasteiger partial charge in [-0.15, -0.1) is 0 Å². The lowest BCUT2D eigenvalue weighted by atomic mass is 10.1. The number of halogens is 1. The molecule has 0 aliphatic rings. The summed E-state index contributed by atoms with van der Waals surface area (Å²) in [4.78, 5) is 0. The quantitative estimate of drug-likeness (QED) is 0.415. The molecule has 0 atom stereocenters. The van der Waals surface area contributed by atoms with Crippen LogP contribution in [0.1, 0.15) is 11.4 Å². The number of para-hydroxylation sites is 2. The largest absolute Gasteiger partial charge is 0.618 e. The molecule has 0 aliphatic carbocycles. The molecule has 118 valence electrons. The molecule has 0 bridgehead atoms. The van der Waals surface area contributed by atoms with Gasteiger partial charge in [0.2, 0.25) is 22.4 Å². The van der Waals surface area contributed by atoms with E-state index in [2.05, 4.69) is 0 Å². The molecule has 0 saturated carbocycles. The topological polar surface area (TPSA) is 53.9 Å². The van der Waals surface area contributed by atoms with Gasteiger partial charge in [-0.3, -0.25) is 0 Å². The molecule has 2 aromatic heterocycles. The van der Waals surface area contributed by atoms with Crippen LogP contribution in [0.25, 0.3) is 21.8 Å². The Morgan fingerprint density at radius 3 is 2.25 bits per heavy atom. The van der Waals surface area contributed by atoms with Crippen molar-refractivity contribution in [3.63, 3.8) is 0 Å². The maximum absolute atomic E-state index is 12.6. The maximum atomic E-state index is 12.6. The summed E-state index contributed by atoms with van der Waals surface area (Å²) in [6.45, 7) is 0. The van der Waals surface area contributed by atoms with Gasteiger partial charge in [0.15, 0.2) is 0 Å². The SMILES string of the molecule is [O-][n+]1c(Cc2cc(Cl)c3ccccc3[n+]2[O-])ccc2ccccc21. The highest BCUT2D eigenvalue weighted by Gasteiger charge is 2.19. The Hall–Kier alpha value is -2.85. The Labute approximate surface area is 143 Å². The van der Waals surface area contributed by atoms with E-state index < -0.39 is 0 Å². The molecule has 4 nitrogen and oxygen atoms in total. The average Bonchev–Trinajstić information content (AvgIpc) is 2.62. The first kappa shape index (κ1) is 14.7. The second-order valence-corrected chi connectivity index (χ2v) is 6.06. The minimum Gasteiger partial charge on any atom is -0.618 e. The zero-order valence-electron chi connectivity index (χ0n) is 12.6. The van der Waals surface area contributed by atoms with Gasteiger partial charge < -0.3 is 10.4 Å². The third-order valence-electron chi connectivity index (χ3n) is 4.17. The van der Waals surface area contributed by atoms with Crippen LogP contribution < -0.4 is 9.46 Å². The van der Waals surface area contributed by atoms with Gasteiger partial charge in [-0.1, -0.05) is 35.9 Å². The second kappa shape index (κ2) is 5.65. The zero-order valence-corrected chi connectivity index (χ0v) is 13.4. The molecular weight excluding hydrogens is 324 g/mol. The van der Waals surface area contributed by atoms with Gasteiger partial charge in [-0.2, -0.15) is 9.46 Å². The summed E-state index contributed by atoms with van der Waals surface area (Å²) in [6.07, 6.45) is 0.211. The standard InChI is InChI=1S/C19H13ClN2O2/c20-17-12-15(22(24)19-8-4-2-6-16(17)19)11-14-10-9-13-5-1-3-7-18(13)21(14)23/h1-10,12H,11H2. The predicted molar refractivity (Wildman–Crippen MR) is 93.6 cm³/mol. The fraction of sp³-hybridized carbons (Fsp3) is 0.0526. The van der Waals surface area contributed by atoms with Crippen molar-refractivity contribution in [3.05, 3.63) is 93.6 Å². The summed E-state index contributed by atoms with van der Waals surface area (Å²) in [7, 11) is 0. The summed E-state index contributed by atoms with van der Waals surface area (Å²) in [5, 5.41) is 27.2. The predicted octanol–water partition coefficient (Wildman–Crippen LogP) is 3.50. The molecule has 0 amide bonds. The first-order valence-electron chi connectivity index (χ1n) is 7.55. The summed E-state index contributed by atoms with van der Waals surface area (Å²) in [5.41, 5.74) is 2.03. The normalized spacial score (nSPS) is 11.2. The van der Waals surface area contributed by atoms with Gasteiger partial charge in [-0.05, 0) is 18.2 Å². The first-order chi connectivity index (χ1) is 11.6. The molecule has 2 aromatic carbocycles. The third kappa shape index (κ3) is 2.32. The number of fused-ring (bicyclic) bond motifs is 2. The van der Waals surface area contributed by atoms with Crippen LogP contribution in [0.4, 0.5) is 0 Å². The molecule has 2 heterocycles. The Morgan fingerprint density at radius 2 is 1.42 bits per heavy atom. The summed E-state index contributed by atoms with van der Waals surface area (Å²) in [6, 6.07) is 19.8. The summed E-state index contributed by atoms with van der Waals surface area (Å²) in [5.74, 6) is 0. The van der Waals surface area contributed by atoms with E-state index in [9.17, 15) is 10.4 Å². The van der Waals surface area contributed by atoms with Crippen LogP contribution in [0.5, 0.6) is 0 Å². The number of benzene rings is 2. The lowest BCUT2D eigenvalue weighted by molar-refractivity contribution is -0.599. The molecule has 0 N–H and O–H groups in total. The number of hydrogen-bond donors (Lipinski definition) is 0. The van der Waals surface area contributed by atoms with Crippen LogP contribution in [0.15, 0.2) is 66.7 Å². The molecule has 4 aromatic rings. The number of nitrogens with zero attached hydrogens (tertiary/aromatic N) is 2. The lowest BCUT2D eigenvalue weighted by Gasteiger charge is -2.10. The molecule has 24 heavy (non-hydrogen) atoms. The van der Waals surface area contributed by atoms with E-state index in [0.717, 1.165) is 14.8 Å². The van der Waals surface area contributed by atoms with Crippen LogP contribution in [0, 0.1) is 10.4 Å². The fourth-order valence-electron chi connectivity index (χ4n) is 2.95. The molecular formula is C19H13ClN2O2. The second-order valence-electron chi connectivity index (χ2n) is 5.65. The van der Waals surface area contributed by atoms with Crippen LogP contribution in [-0.4, -0.2) is 0 Å². The highest BCUT2D eigenvalue weighted by Crippen LogP contribution is 2.22. The molecule has 0 radical (unpaired) electrons. The van der Waals surface area contributed by atoms with Crippen molar-refractivity contribution in [2.24, 2.45) is 0 Å². The molecule has 0 fully saturated rings. The van der Waals surface area contributed by atoms with Crippen molar-refractivity contribution in [2.75, 3.05) is 0 Å². The van der Waals surface area contributed by atoms with Crippen molar-refractivity contribution >= 4 is 33.4 Å². The minimum atomic E-state index is 0.211. The van der Waals surface area contributed by atoms with E-state index in [1.165, 1.54) is 0 Å². The molecule has 0 unspecified atom stereocenters. The number of pyridine rings is 2. The average molecular weight is 337 g/mol. The van der Waals surface area contributed by atoms with Gasteiger partial charge in [0.25, 0.3) is 0 Å². The van der Waals surface area contributed by atoms with E-state index in [4.69, 9.17) is 11.6 Å². The zero-order chi connectivity index (χ0) is 16.7. The van der Waals surface area contributed by atoms with Crippen molar-refractivity contribution < 1.29 is 9.46 Å². The molecule has 5 heteroatoms. The minimum absolute atomic E-state index is 0.211. The van der Waals surface area contributed by atoms with Gasteiger partial charge in [0.1, 0.15) is 6.42 Å². The van der Waals surface area contributed by atoms with Crippen molar-refractivity contribution in [1.82, 2.24) is 0 Å². The van der Waals surface area contributed by atoms with E-state index in [-0.39, 0.29) is 6.42 Å². The summed E-state index contributed by atoms with van der Waals surface area (Å²) < 4.78 is 1.72. The highest BCUT2D eigenvalue weighted by atomic mass is 35.5. The number of rotatable bonds is 2. The first-order valence-corrected chi connectivity index (χ1v) is 7.93. The smallest absolute Gasteiger partial charge is 0.225 e. The van der Waals surface area contributed by atoms with Crippen LogP contribution in [-0.2, 0) is 6.42 Å². The van der Waals surface area contributed by atoms with Gasteiger partial charge >= 0.3 is 0 Å². The number of hydrogen-bond acceptors (Lipinski definition) is 2. The van der Waals surface area contributed by atoms with Gasteiger partial charge in [0.05, 0.1) is 10.4 Å². The van der Waals surface area contributed by atoms with Gasteiger partial charge in [-0.25, -0.2) is 0 Å². The van der Waals surface area contributed by atoms with Crippen LogP contribution in [0.3, 0.4) is 0 Å². The van der Waals surface area contributed by atoms with E-state index >= 15 is 0 Å². The monoisotopic (exact) mass is 336 g/mol. The van der Waals surface area contributed by atoms with Crippen molar-refractivity contribution in [1.29, 1.82) is 0 Å². The molecule has 4 rings (SSSR count). The Kier molecular flexibility index (Phi) is 3.47. The molecule has 0 aliphatic heterocycles. The summed E-state index contributed by atoms with van der Waals surface area (Å²) >= 11 is 6.30. The maximum Gasteiger partial charge on any atom is 0.225 e. The number of aromatic nitrogens is 2. The van der Waals surface area contributed by atoms with E-state index in [1.807, 2.05) is 30.3 Å². The lowest BCUT2D eigenvalue weighted by Crippen LogP contribution is -2.37. The van der Waals surface area contributed by atoms with Crippen molar-refractivity contribution in [3.8, 4) is 0 Å². The Bertz CT molecular complexity index is 1080. The Morgan fingerprint density at radius 1 is 0.750 bits per heavy atom.